The van der Waals surface area contributed by atoms with Crippen LogP contribution in [0.25, 0.3) is 0 Å². The first-order chi connectivity index (χ1) is 6.29. The van der Waals surface area contributed by atoms with E-state index in [9.17, 15) is 4.39 Å². The second-order valence-corrected chi connectivity index (χ2v) is 2.79. The molecule has 0 radical (unpaired) electrons. The molecule has 0 spiro atoms. The van der Waals surface area contributed by atoms with Crippen LogP contribution in [0.2, 0.25) is 0 Å². The summed E-state index contributed by atoms with van der Waals surface area (Å²) in [6.45, 7) is 0.768. The van der Waals surface area contributed by atoms with Gasteiger partial charge in [0, 0.05) is 0 Å². The van der Waals surface area contributed by atoms with Gasteiger partial charge in [-0.25, -0.2) is 4.39 Å². The maximum Gasteiger partial charge on any atom is 0.168 e. The fourth-order valence-electron chi connectivity index (χ4n) is 1.17. The number of halogens is 1. The molecule has 3 heteroatoms. The molecule has 0 aliphatic carbocycles. The summed E-state index contributed by atoms with van der Waals surface area (Å²) in [6, 6.07) is 5.19. The fraction of sp³-hybridized carbons (Fsp3) is 0.400. The molecule has 0 bridgehead atoms. The lowest BCUT2D eigenvalue weighted by molar-refractivity contribution is 0.384. The van der Waals surface area contributed by atoms with Crippen LogP contribution in [0.5, 0.6) is 5.75 Å². The van der Waals surface area contributed by atoms with E-state index in [2.05, 4.69) is 5.32 Å². The Morgan fingerprint density at radius 1 is 1.46 bits per heavy atom. The smallest absolute Gasteiger partial charge is 0.168 e. The molecule has 2 nitrogen and oxygen atoms in total. The zero-order chi connectivity index (χ0) is 9.68. The molecular formula is C10H14FNO. The van der Waals surface area contributed by atoms with Crippen molar-refractivity contribution >= 4 is 0 Å². The number of hydrogen-bond donors (Lipinski definition) is 1. The third-order valence-corrected chi connectivity index (χ3v) is 1.91. The second-order valence-electron chi connectivity index (χ2n) is 2.79. The van der Waals surface area contributed by atoms with Gasteiger partial charge in [0.1, 0.15) is 0 Å². The number of benzene rings is 1. The number of methoxy groups -OCH3 is 1. The van der Waals surface area contributed by atoms with E-state index in [1.807, 2.05) is 7.05 Å². The van der Waals surface area contributed by atoms with Crippen molar-refractivity contribution < 1.29 is 9.13 Å². The van der Waals surface area contributed by atoms with E-state index in [1.165, 1.54) is 7.11 Å². The van der Waals surface area contributed by atoms with Crippen molar-refractivity contribution in [2.24, 2.45) is 0 Å². The number of ether oxygens (including phenoxy) is 1. The van der Waals surface area contributed by atoms with Crippen LogP contribution in [-0.4, -0.2) is 20.7 Å². The highest BCUT2D eigenvalue weighted by atomic mass is 19.1. The summed E-state index contributed by atoms with van der Waals surface area (Å²) >= 11 is 0. The first kappa shape index (κ1) is 9.99. The lowest BCUT2D eigenvalue weighted by Crippen LogP contribution is -2.11. The Kier molecular flexibility index (Phi) is 3.71. The lowest BCUT2D eigenvalue weighted by atomic mass is 10.1. The average Bonchev–Trinajstić information content (AvgIpc) is 2.16. The van der Waals surface area contributed by atoms with Gasteiger partial charge >= 0.3 is 0 Å². The SMILES string of the molecule is CNCCc1cccc(OC)c1F. The summed E-state index contributed by atoms with van der Waals surface area (Å²) in [5.41, 5.74) is 0.689. The standard InChI is InChI=1S/C10H14FNO/c1-12-7-6-8-4-3-5-9(13-2)10(8)11/h3-5,12H,6-7H2,1-2H3. The highest BCUT2D eigenvalue weighted by Crippen LogP contribution is 2.19. The van der Waals surface area contributed by atoms with E-state index in [4.69, 9.17) is 4.74 Å². The quantitative estimate of drug-likeness (QED) is 0.765. The van der Waals surface area contributed by atoms with Gasteiger partial charge in [-0.1, -0.05) is 12.1 Å². The Morgan fingerprint density at radius 3 is 2.85 bits per heavy atom. The van der Waals surface area contributed by atoms with Crippen molar-refractivity contribution in [1.29, 1.82) is 0 Å². The van der Waals surface area contributed by atoms with Gasteiger partial charge in [0.25, 0.3) is 0 Å². The molecule has 13 heavy (non-hydrogen) atoms. The Bertz CT molecular complexity index is 276. The summed E-state index contributed by atoms with van der Waals surface area (Å²) in [5, 5.41) is 2.97. The van der Waals surface area contributed by atoms with Gasteiger partial charge in [-0.15, -0.1) is 0 Å². The molecule has 0 aromatic heterocycles. The van der Waals surface area contributed by atoms with Crippen molar-refractivity contribution in [2.75, 3.05) is 20.7 Å². The first-order valence-corrected chi connectivity index (χ1v) is 4.25. The zero-order valence-electron chi connectivity index (χ0n) is 7.93. The van der Waals surface area contributed by atoms with Crippen molar-refractivity contribution in [3.8, 4) is 5.75 Å². The molecular weight excluding hydrogens is 169 g/mol. The minimum atomic E-state index is -0.250. The summed E-state index contributed by atoms with van der Waals surface area (Å²) in [6.07, 6.45) is 0.680. The molecule has 0 aliphatic rings. The Hall–Kier alpha value is -1.09. The van der Waals surface area contributed by atoms with Gasteiger partial charge in [-0.3, -0.25) is 0 Å². The Morgan fingerprint density at radius 2 is 2.23 bits per heavy atom. The van der Waals surface area contributed by atoms with Crippen LogP contribution in [0.15, 0.2) is 18.2 Å². The summed E-state index contributed by atoms with van der Waals surface area (Å²) in [5.74, 6) is 0.0638. The Balaban J connectivity index is 2.81. The van der Waals surface area contributed by atoms with E-state index < -0.39 is 0 Å². The van der Waals surface area contributed by atoms with Crippen LogP contribution in [0.3, 0.4) is 0 Å². The molecule has 1 N–H and O–H groups in total. The molecule has 72 valence electrons. The molecule has 0 unspecified atom stereocenters. The normalized spacial score (nSPS) is 10.1. The summed E-state index contributed by atoms with van der Waals surface area (Å²) < 4.78 is 18.3. The van der Waals surface area contributed by atoms with Crippen LogP contribution >= 0.6 is 0 Å². The van der Waals surface area contributed by atoms with Crippen LogP contribution in [-0.2, 0) is 6.42 Å². The molecule has 0 fully saturated rings. The monoisotopic (exact) mass is 183 g/mol. The predicted molar refractivity (Wildman–Crippen MR) is 50.6 cm³/mol. The molecule has 1 rings (SSSR count). The average molecular weight is 183 g/mol. The van der Waals surface area contributed by atoms with Crippen LogP contribution < -0.4 is 10.1 Å². The highest BCUT2D eigenvalue weighted by Gasteiger charge is 2.06. The maximum atomic E-state index is 13.4. The molecule has 1 aromatic carbocycles. The molecule has 0 heterocycles. The third-order valence-electron chi connectivity index (χ3n) is 1.91. The number of hydrogen-bond acceptors (Lipinski definition) is 2. The number of likely N-dealkylation sites (N-methyl/N-ethyl adjacent to an activating group) is 1. The van der Waals surface area contributed by atoms with E-state index in [1.54, 1.807) is 18.2 Å². The van der Waals surface area contributed by atoms with Crippen LogP contribution in [0.1, 0.15) is 5.56 Å². The van der Waals surface area contributed by atoms with Crippen molar-refractivity contribution in [2.45, 2.75) is 6.42 Å². The van der Waals surface area contributed by atoms with Gasteiger partial charge in [0.2, 0.25) is 0 Å². The fourth-order valence-corrected chi connectivity index (χ4v) is 1.17. The van der Waals surface area contributed by atoms with Gasteiger partial charge in [0.15, 0.2) is 11.6 Å². The third kappa shape index (κ3) is 2.42. The molecule has 0 amide bonds. The van der Waals surface area contributed by atoms with Gasteiger partial charge in [0.05, 0.1) is 7.11 Å². The zero-order valence-corrected chi connectivity index (χ0v) is 7.93. The van der Waals surface area contributed by atoms with Crippen molar-refractivity contribution in [3.05, 3.63) is 29.6 Å². The largest absolute Gasteiger partial charge is 0.494 e. The molecule has 1 aromatic rings. The van der Waals surface area contributed by atoms with E-state index in [0.717, 1.165) is 6.54 Å². The van der Waals surface area contributed by atoms with Crippen LogP contribution in [0, 0.1) is 5.82 Å². The number of rotatable bonds is 4. The topological polar surface area (TPSA) is 21.3 Å². The Labute approximate surface area is 77.7 Å². The predicted octanol–water partition coefficient (Wildman–Crippen LogP) is 1.60. The van der Waals surface area contributed by atoms with Gasteiger partial charge in [-0.05, 0) is 31.6 Å². The first-order valence-electron chi connectivity index (χ1n) is 4.25. The van der Waals surface area contributed by atoms with E-state index in [-0.39, 0.29) is 5.82 Å². The number of nitrogens with one attached hydrogen (secondary N) is 1. The van der Waals surface area contributed by atoms with Crippen molar-refractivity contribution in [3.63, 3.8) is 0 Å². The summed E-state index contributed by atoms with van der Waals surface area (Å²) in [7, 11) is 3.32. The molecule has 0 saturated carbocycles. The summed E-state index contributed by atoms with van der Waals surface area (Å²) in [4.78, 5) is 0. The van der Waals surface area contributed by atoms with E-state index >= 15 is 0 Å². The van der Waals surface area contributed by atoms with Crippen LogP contribution in [0.4, 0.5) is 4.39 Å². The van der Waals surface area contributed by atoms with Gasteiger partial charge in [-0.2, -0.15) is 0 Å². The highest BCUT2D eigenvalue weighted by molar-refractivity contribution is 5.31. The second kappa shape index (κ2) is 4.82. The molecule has 0 saturated heterocycles. The minimum absolute atomic E-state index is 0.250. The maximum absolute atomic E-state index is 13.4. The molecule has 0 atom stereocenters. The van der Waals surface area contributed by atoms with E-state index in [0.29, 0.717) is 17.7 Å². The van der Waals surface area contributed by atoms with Gasteiger partial charge < -0.3 is 10.1 Å². The lowest BCUT2D eigenvalue weighted by Gasteiger charge is -2.06. The molecule has 0 aliphatic heterocycles. The van der Waals surface area contributed by atoms with Crippen molar-refractivity contribution in [1.82, 2.24) is 5.32 Å². The minimum Gasteiger partial charge on any atom is -0.494 e.